The number of hydrogen-bond acceptors (Lipinski definition) is 3. The Morgan fingerprint density at radius 3 is 2.67 bits per heavy atom. The molecule has 1 rings (SSSR count). The zero-order valence-corrected chi connectivity index (χ0v) is 4.47. The standard InChI is InChI=1S/C4H3N5/c5-9-8-4-6-2-1-3-7-4/h1-3H. The summed E-state index contributed by atoms with van der Waals surface area (Å²) in [5, 5.41) is 3.16. The first-order valence-corrected chi connectivity index (χ1v) is 2.25. The Morgan fingerprint density at radius 1 is 1.44 bits per heavy atom. The van der Waals surface area contributed by atoms with E-state index < -0.39 is 0 Å². The summed E-state index contributed by atoms with van der Waals surface area (Å²) in [5.74, 6) is 0.153. The molecule has 0 bridgehead atoms. The predicted molar refractivity (Wildman–Crippen MR) is 30.8 cm³/mol. The molecule has 9 heavy (non-hydrogen) atoms. The molecule has 0 N–H and O–H groups in total. The van der Waals surface area contributed by atoms with Crippen molar-refractivity contribution in [3.8, 4) is 0 Å². The second-order valence-corrected chi connectivity index (χ2v) is 1.24. The summed E-state index contributed by atoms with van der Waals surface area (Å²) in [7, 11) is 0. The Kier molecular flexibility index (Phi) is 1.62. The van der Waals surface area contributed by atoms with Gasteiger partial charge in [-0.2, -0.15) is 0 Å². The lowest BCUT2D eigenvalue weighted by Gasteiger charge is -1.82. The lowest BCUT2D eigenvalue weighted by molar-refractivity contribution is 1.13. The van der Waals surface area contributed by atoms with Gasteiger partial charge in [0.05, 0.1) is 0 Å². The Bertz CT molecular complexity index is 224. The Labute approximate surface area is 51.0 Å². The van der Waals surface area contributed by atoms with Crippen LogP contribution >= 0.6 is 0 Å². The lowest BCUT2D eigenvalue weighted by atomic mass is 10.7. The number of hydrogen-bond donors (Lipinski definition) is 0. The minimum Gasteiger partial charge on any atom is -0.235 e. The molecule has 5 heteroatoms. The van der Waals surface area contributed by atoms with E-state index in [-0.39, 0.29) is 5.95 Å². The van der Waals surface area contributed by atoms with Crippen molar-refractivity contribution in [1.82, 2.24) is 9.97 Å². The highest BCUT2D eigenvalue weighted by Crippen LogP contribution is 1.97. The zero-order valence-electron chi connectivity index (χ0n) is 4.47. The quantitative estimate of drug-likeness (QED) is 0.320. The first kappa shape index (κ1) is 5.53. The summed E-state index contributed by atoms with van der Waals surface area (Å²) in [5.41, 5.74) is 7.90. The van der Waals surface area contributed by atoms with Crippen molar-refractivity contribution in [2.75, 3.05) is 0 Å². The van der Waals surface area contributed by atoms with Crippen LogP contribution in [0, 0.1) is 0 Å². The number of aromatic nitrogens is 2. The summed E-state index contributed by atoms with van der Waals surface area (Å²) < 4.78 is 0. The molecule has 0 aliphatic carbocycles. The zero-order chi connectivity index (χ0) is 6.53. The third-order valence-electron chi connectivity index (χ3n) is 0.686. The fourth-order valence-electron chi connectivity index (χ4n) is 0.383. The highest BCUT2D eigenvalue weighted by atomic mass is 15.2. The van der Waals surface area contributed by atoms with Crippen LogP contribution in [0.3, 0.4) is 0 Å². The minimum atomic E-state index is 0.153. The van der Waals surface area contributed by atoms with Gasteiger partial charge in [0.15, 0.2) is 0 Å². The monoisotopic (exact) mass is 121 g/mol. The average molecular weight is 121 g/mol. The van der Waals surface area contributed by atoms with Crippen molar-refractivity contribution < 1.29 is 0 Å². The molecule has 0 unspecified atom stereocenters. The van der Waals surface area contributed by atoms with E-state index in [4.69, 9.17) is 5.53 Å². The van der Waals surface area contributed by atoms with Crippen LogP contribution in [0.15, 0.2) is 23.6 Å². The van der Waals surface area contributed by atoms with Crippen molar-refractivity contribution in [2.45, 2.75) is 0 Å². The van der Waals surface area contributed by atoms with Crippen LogP contribution in [0.4, 0.5) is 5.95 Å². The molecule has 5 nitrogen and oxygen atoms in total. The topological polar surface area (TPSA) is 74.5 Å². The van der Waals surface area contributed by atoms with Crippen molar-refractivity contribution in [3.05, 3.63) is 28.9 Å². The van der Waals surface area contributed by atoms with Gasteiger partial charge in [0.1, 0.15) is 0 Å². The Morgan fingerprint density at radius 2 is 2.11 bits per heavy atom. The second kappa shape index (κ2) is 2.64. The molecule has 0 aromatic carbocycles. The van der Waals surface area contributed by atoms with E-state index in [0.717, 1.165) is 0 Å². The molecular weight excluding hydrogens is 118 g/mol. The van der Waals surface area contributed by atoms with Crippen LogP contribution in [0.2, 0.25) is 0 Å². The highest BCUT2D eigenvalue weighted by Gasteiger charge is 1.82. The number of azide groups is 1. The third kappa shape index (κ3) is 1.40. The van der Waals surface area contributed by atoms with E-state index in [1.165, 1.54) is 12.4 Å². The predicted octanol–water partition coefficient (Wildman–Crippen LogP) is 1.42. The molecule has 0 saturated carbocycles. The maximum atomic E-state index is 7.90. The summed E-state index contributed by atoms with van der Waals surface area (Å²) in [4.78, 5) is 9.78. The molecule has 0 spiro atoms. The molecule has 0 atom stereocenters. The van der Waals surface area contributed by atoms with E-state index >= 15 is 0 Å². The fourth-order valence-corrected chi connectivity index (χ4v) is 0.383. The summed E-state index contributed by atoms with van der Waals surface area (Å²) in [6.45, 7) is 0. The van der Waals surface area contributed by atoms with E-state index in [1.807, 2.05) is 0 Å². The van der Waals surface area contributed by atoms with E-state index in [0.29, 0.717) is 0 Å². The van der Waals surface area contributed by atoms with Gasteiger partial charge in [0, 0.05) is 17.3 Å². The molecule has 0 aliphatic heterocycles. The summed E-state index contributed by atoms with van der Waals surface area (Å²) in [6, 6.07) is 1.65. The van der Waals surface area contributed by atoms with Crippen molar-refractivity contribution in [2.24, 2.45) is 5.11 Å². The average Bonchev–Trinajstić information content (AvgIpc) is 1.91. The second-order valence-electron chi connectivity index (χ2n) is 1.24. The van der Waals surface area contributed by atoms with Gasteiger partial charge in [-0.05, 0) is 16.7 Å². The summed E-state index contributed by atoms with van der Waals surface area (Å²) in [6.07, 6.45) is 3.02. The van der Waals surface area contributed by atoms with Gasteiger partial charge in [0.2, 0.25) is 5.95 Å². The Hall–Kier alpha value is -1.61. The molecule has 0 amide bonds. The van der Waals surface area contributed by atoms with Crippen molar-refractivity contribution in [3.63, 3.8) is 0 Å². The molecule has 0 fully saturated rings. The number of nitrogens with zero attached hydrogens (tertiary/aromatic N) is 5. The largest absolute Gasteiger partial charge is 0.235 e. The third-order valence-corrected chi connectivity index (χ3v) is 0.686. The van der Waals surface area contributed by atoms with Gasteiger partial charge in [-0.3, -0.25) is 0 Å². The lowest BCUT2D eigenvalue weighted by Crippen LogP contribution is -1.73. The maximum Gasteiger partial charge on any atom is 0.216 e. The van der Waals surface area contributed by atoms with Crippen LogP contribution in [-0.4, -0.2) is 9.97 Å². The van der Waals surface area contributed by atoms with E-state index in [1.54, 1.807) is 6.07 Å². The molecule has 1 aromatic heterocycles. The normalized spacial score (nSPS) is 8.00. The van der Waals surface area contributed by atoms with Gasteiger partial charge in [0.25, 0.3) is 0 Å². The van der Waals surface area contributed by atoms with Crippen LogP contribution in [0.25, 0.3) is 10.4 Å². The maximum absolute atomic E-state index is 7.90. The van der Waals surface area contributed by atoms with Crippen LogP contribution < -0.4 is 0 Å². The molecule has 0 radical (unpaired) electrons. The Balaban J connectivity index is 2.97. The van der Waals surface area contributed by atoms with Gasteiger partial charge in [-0.25, -0.2) is 9.97 Å². The van der Waals surface area contributed by atoms with Crippen LogP contribution in [-0.2, 0) is 0 Å². The fraction of sp³-hybridized carbons (Fsp3) is 0. The van der Waals surface area contributed by atoms with E-state index in [9.17, 15) is 0 Å². The first-order chi connectivity index (χ1) is 4.43. The number of rotatable bonds is 1. The van der Waals surface area contributed by atoms with Crippen molar-refractivity contribution >= 4 is 5.95 Å². The smallest absolute Gasteiger partial charge is 0.216 e. The van der Waals surface area contributed by atoms with E-state index in [2.05, 4.69) is 20.0 Å². The van der Waals surface area contributed by atoms with Crippen LogP contribution in [0.5, 0.6) is 0 Å². The molecule has 0 saturated heterocycles. The van der Waals surface area contributed by atoms with Gasteiger partial charge < -0.3 is 0 Å². The van der Waals surface area contributed by atoms with Gasteiger partial charge in [-0.15, -0.1) is 0 Å². The summed E-state index contributed by atoms with van der Waals surface area (Å²) >= 11 is 0. The van der Waals surface area contributed by atoms with Crippen molar-refractivity contribution in [1.29, 1.82) is 0 Å². The first-order valence-electron chi connectivity index (χ1n) is 2.25. The molecule has 44 valence electrons. The van der Waals surface area contributed by atoms with Crippen LogP contribution in [0.1, 0.15) is 0 Å². The molecule has 1 aromatic rings. The molecule has 0 aliphatic rings. The molecular formula is C4H3N5. The highest BCUT2D eigenvalue weighted by molar-refractivity contribution is 5.10. The van der Waals surface area contributed by atoms with Gasteiger partial charge in [-0.1, -0.05) is 0 Å². The SMILES string of the molecule is [N-]=[N+]=Nc1ncccn1. The van der Waals surface area contributed by atoms with Gasteiger partial charge >= 0.3 is 0 Å². The minimum absolute atomic E-state index is 0.153. The molecule has 1 heterocycles.